The quantitative estimate of drug-likeness (QED) is 0.522. The molecule has 0 aliphatic carbocycles. The van der Waals surface area contributed by atoms with E-state index in [-0.39, 0.29) is 5.56 Å². The minimum atomic E-state index is -0.424. The molecule has 0 aliphatic rings. The first-order chi connectivity index (χ1) is 8.70. The van der Waals surface area contributed by atoms with Crippen LogP contribution in [0.1, 0.15) is 16.8 Å². The molecule has 0 unspecified atom stereocenters. The van der Waals surface area contributed by atoms with Crippen molar-refractivity contribution in [3.05, 3.63) is 46.2 Å². The first kappa shape index (κ1) is 12.3. The van der Waals surface area contributed by atoms with E-state index in [4.69, 9.17) is 6.42 Å². The van der Waals surface area contributed by atoms with Gasteiger partial charge in [0, 0.05) is 10.9 Å². The zero-order valence-electron chi connectivity index (χ0n) is 9.64. The summed E-state index contributed by atoms with van der Waals surface area (Å²) >= 11 is 1.45. The number of benzene rings is 1. The normalized spacial score (nSPS) is 10.5. The van der Waals surface area contributed by atoms with E-state index in [1.165, 1.54) is 23.6 Å². The maximum absolute atomic E-state index is 13.4. The molecule has 1 heterocycles. The van der Waals surface area contributed by atoms with Crippen LogP contribution in [0.2, 0.25) is 0 Å². The minimum absolute atomic E-state index is 0.207. The van der Waals surface area contributed by atoms with Crippen molar-refractivity contribution in [3.63, 3.8) is 0 Å². The molecule has 5 heteroatoms. The molecule has 3 nitrogen and oxygen atoms in total. The highest BCUT2D eigenvalue weighted by Gasteiger charge is 2.03. The van der Waals surface area contributed by atoms with Crippen LogP contribution in [0.15, 0.2) is 28.7 Å². The number of nitrogens with zero attached hydrogens (tertiary/aromatic N) is 2. The third-order valence-electron chi connectivity index (χ3n) is 2.17. The third kappa shape index (κ3) is 2.73. The van der Waals surface area contributed by atoms with Crippen LogP contribution in [0.4, 0.5) is 9.52 Å². The SMILES string of the molecule is C#Cc1c(F)cccc1C=NNc1nc(C)cs1. The van der Waals surface area contributed by atoms with Gasteiger partial charge in [0.25, 0.3) is 0 Å². The number of terminal acetylenes is 1. The summed E-state index contributed by atoms with van der Waals surface area (Å²) < 4.78 is 13.4. The minimum Gasteiger partial charge on any atom is -0.253 e. The predicted molar refractivity (Wildman–Crippen MR) is 72.4 cm³/mol. The number of halogens is 1. The van der Waals surface area contributed by atoms with Crippen LogP contribution in [-0.2, 0) is 0 Å². The molecule has 0 atom stereocenters. The lowest BCUT2D eigenvalue weighted by molar-refractivity contribution is 0.624. The van der Waals surface area contributed by atoms with E-state index in [1.54, 1.807) is 12.1 Å². The summed E-state index contributed by atoms with van der Waals surface area (Å²) in [5.74, 6) is 1.89. The van der Waals surface area contributed by atoms with Gasteiger partial charge in [0.1, 0.15) is 5.82 Å². The third-order valence-corrected chi connectivity index (χ3v) is 3.04. The fraction of sp³-hybridized carbons (Fsp3) is 0.0769. The first-order valence-electron chi connectivity index (χ1n) is 5.17. The number of hydrazone groups is 1. The van der Waals surface area contributed by atoms with E-state index < -0.39 is 5.82 Å². The van der Waals surface area contributed by atoms with Gasteiger partial charge in [0.2, 0.25) is 5.13 Å². The Hall–Kier alpha value is -2.19. The highest BCUT2D eigenvalue weighted by Crippen LogP contribution is 2.14. The van der Waals surface area contributed by atoms with Gasteiger partial charge in [-0.25, -0.2) is 9.37 Å². The lowest BCUT2D eigenvalue weighted by atomic mass is 10.1. The van der Waals surface area contributed by atoms with Crippen molar-refractivity contribution in [2.75, 3.05) is 5.43 Å². The Morgan fingerprint density at radius 1 is 1.56 bits per heavy atom. The molecule has 1 aromatic heterocycles. The Labute approximate surface area is 108 Å². The molecule has 1 N–H and O–H groups in total. The second kappa shape index (κ2) is 5.43. The van der Waals surface area contributed by atoms with Crippen LogP contribution >= 0.6 is 11.3 Å². The van der Waals surface area contributed by atoms with Gasteiger partial charge in [0.15, 0.2) is 0 Å². The molecular weight excluding hydrogens is 249 g/mol. The van der Waals surface area contributed by atoms with E-state index in [0.29, 0.717) is 10.7 Å². The Morgan fingerprint density at radius 3 is 3.06 bits per heavy atom. The molecule has 0 bridgehead atoms. The Balaban J connectivity index is 2.15. The van der Waals surface area contributed by atoms with Crippen LogP contribution in [0, 0.1) is 25.1 Å². The first-order valence-corrected chi connectivity index (χ1v) is 6.05. The predicted octanol–water partition coefficient (Wildman–Crippen LogP) is 3.02. The average Bonchev–Trinajstić information content (AvgIpc) is 2.75. The van der Waals surface area contributed by atoms with Gasteiger partial charge in [0.05, 0.1) is 17.5 Å². The van der Waals surface area contributed by atoms with Crippen LogP contribution in [0.3, 0.4) is 0 Å². The van der Waals surface area contributed by atoms with Crippen molar-refractivity contribution in [2.45, 2.75) is 6.92 Å². The second-order valence-electron chi connectivity index (χ2n) is 3.51. The number of nitrogens with one attached hydrogen (secondary N) is 1. The number of hydrogen-bond acceptors (Lipinski definition) is 4. The van der Waals surface area contributed by atoms with Gasteiger partial charge in [-0.2, -0.15) is 5.10 Å². The van der Waals surface area contributed by atoms with Crippen LogP contribution in [0.25, 0.3) is 0 Å². The Bertz CT molecular complexity index is 625. The maximum atomic E-state index is 13.4. The van der Waals surface area contributed by atoms with Crippen molar-refractivity contribution in [1.29, 1.82) is 0 Å². The fourth-order valence-corrected chi connectivity index (χ4v) is 2.00. The molecule has 1 aromatic carbocycles. The average molecular weight is 259 g/mol. The molecule has 18 heavy (non-hydrogen) atoms. The fourth-order valence-electron chi connectivity index (χ4n) is 1.36. The molecule has 0 amide bonds. The van der Waals surface area contributed by atoms with Crippen molar-refractivity contribution in [2.24, 2.45) is 5.10 Å². The largest absolute Gasteiger partial charge is 0.253 e. The second-order valence-corrected chi connectivity index (χ2v) is 4.37. The number of aryl methyl sites for hydroxylation is 1. The summed E-state index contributed by atoms with van der Waals surface area (Å²) in [7, 11) is 0. The van der Waals surface area contributed by atoms with Crippen LogP contribution in [0.5, 0.6) is 0 Å². The van der Waals surface area contributed by atoms with Gasteiger partial charge in [-0.15, -0.1) is 17.8 Å². The van der Waals surface area contributed by atoms with Gasteiger partial charge in [-0.05, 0) is 13.0 Å². The summed E-state index contributed by atoms with van der Waals surface area (Å²) in [6.07, 6.45) is 6.74. The topological polar surface area (TPSA) is 37.3 Å². The molecule has 90 valence electrons. The summed E-state index contributed by atoms with van der Waals surface area (Å²) in [5, 5.41) is 6.58. The molecule has 2 aromatic rings. The molecule has 0 spiro atoms. The molecule has 2 rings (SSSR count). The zero-order chi connectivity index (χ0) is 13.0. The molecule has 0 saturated heterocycles. The molecule has 0 fully saturated rings. The van der Waals surface area contributed by atoms with Crippen molar-refractivity contribution >= 4 is 22.7 Å². The van der Waals surface area contributed by atoms with Crippen molar-refractivity contribution < 1.29 is 4.39 Å². The molecule has 0 aliphatic heterocycles. The van der Waals surface area contributed by atoms with Crippen LogP contribution in [-0.4, -0.2) is 11.2 Å². The van der Waals surface area contributed by atoms with E-state index in [2.05, 4.69) is 21.4 Å². The monoisotopic (exact) mass is 259 g/mol. The highest BCUT2D eigenvalue weighted by atomic mass is 32.1. The van der Waals surface area contributed by atoms with Gasteiger partial charge in [-0.1, -0.05) is 18.1 Å². The van der Waals surface area contributed by atoms with E-state index >= 15 is 0 Å². The number of rotatable bonds is 3. The number of hydrogen-bond donors (Lipinski definition) is 1. The molecular formula is C13H10FN3S. The Kier molecular flexibility index (Phi) is 3.70. The van der Waals surface area contributed by atoms with Crippen LogP contribution < -0.4 is 5.43 Å². The Morgan fingerprint density at radius 2 is 2.39 bits per heavy atom. The van der Waals surface area contributed by atoms with E-state index in [0.717, 1.165) is 5.69 Å². The maximum Gasteiger partial charge on any atom is 0.203 e. The number of anilines is 1. The standard InChI is InChI=1S/C13H10FN3S/c1-3-11-10(5-4-6-12(11)14)7-15-17-13-16-9(2)8-18-13/h1,4-8H,2H3,(H,16,17). The summed E-state index contributed by atoms with van der Waals surface area (Å²) in [4.78, 5) is 4.18. The van der Waals surface area contributed by atoms with E-state index in [9.17, 15) is 4.39 Å². The summed E-state index contributed by atoms with van der Waals surface area (Å²) in [6.45, 7) is 1.90. The van der Waals surface area contributed by atoms with Gasteiger partial charge < -0.3 is 0 Å². The molecule has 0 saturated carbocycles. The number of thiazole rings is 1. The van der Waals surface area contributed by atoms with Gasteiger partial charge in [-0.3, -0.25) is 5.43 Å². The van der Waals surface area contributed by atoms with Crippen molar-refractivity contribution in [1.82, 2.24) is 4.98 Å². The lowest BCUT2D eigenvalue weighted by Gasteiger charge is -1.99. The highest BCUT2D eigenvalue weighted by molar-refractivity contribution is 7.13. The van der Waals surface area contributed by atoms with Crippen molar-refractivity contribution in [3.8, 4) is 12.3 Å². The lowest BCUT2D eigenvalue weighted by Crippen LogP contribution is -1.95. The number of aromatic nitrogens is 1. The molecule has 0 radical (unpaired) electrons. The van der Waals surface area contributed by atoms with Gasteiger partial charge >= 0.3 is 0 Å². The summed E-state index contributed by atoms with van der Waals surface area (Å²) in [5.41, 5.74) is 4.46. The zero-order valence-corrected chi connectivity index (χ0v) is 10.5. The van der Waals surface area contributed by atoms with E-state index in [1.807, 2.05) is 12.3 Å². The summed E-state index contributed by atoms with van der Waals surface area (Å²) in [6, 6.07) is 4.62. The smallest absolute Gasteiger partial charge is 0.203 e.